The fraction of sp³-hybridized carbons (Fsp3) is 0.333. The number of ether oxygens (including phenoxy) is 2. The van der Waals surface area contributed by atoms with E-state index in [0.29, 0.717) is 12.4 Å². The molecular weight excluding hydrogens is 306 g/mol. The minimum atomic E-state index is -0.248. The summed E-state index contributed by atoms with van der Waals surface area (Å²) in [4.78, 5) is 16.2. The number of hydrogen-bond acceptors (Lipinski definition) is 4. The molecule has 2 N–H and O–H groups in total. The smallest absolute Gasteiger partial charge is 0.315 e. The third kappa shape index (κ3) is 4.62. The Hall–Kier alpha value is -2.76. The molecule has 2 amide bonds. The van der Waals surface area contributed by atoms with Crippen LogP contribution in [0.15, 0.2) is 36.5 Å². The number of nitrogens with one attached hydrogen (secondary N) is 2. The molecule has 0 aliphatic rings. The van der Waals surface area contributed by atoms with E-state index >= 15 is 0 Å². The van der Waals surface area contributed by atoms with Crippen molar-refractivity contribution < 1.29 is 14.3 Å². The Morgan fingerprint density at radius 2 is 2.00 bits per heavy atom. The molecule has 1 aromatic heterocycles. The Labute approximate surface area is 142 Å². The van der Waals surface area contributed by atoms with Crippen LogP contribution >= 0.6 is 0 Å². The fourth-order valence-corrected chi connectivity index (χ4v) is 2.37. The lowest BCUT2D eigenvalue weighted by Gasteiger charge is -2.18. The molecule has 128 valence electrons. The lowest BCUT2D eigenvalue weighted by Crippen LogP contribution is -2.36. The Balaban J connectivity index is 1.95. The topological polar surface area (TPSA) is 72.5 Å². The number of nitrogens with zero attached hydrogens (tertiary/aromatic N) is 1. The predicted molar refractivity (Wildman–Crippen MR) is 92.3 cm³/mol. The SMILES string of the molecule is COc1cc(CNC(=O)N[C@H](C)c2cc(C)ccc2OC)ccn1. The van der Waals surface area contributed by atoms with Crippen molar-refractivity contribution in [1.82, 2.24) is 15.6 Å². The third-order valence-electron chi connectivity index (χ3n) is 3.66. The molecule has 0 aliphatic heterocycles. The van der Waals surface area contributed by atoms with Gasteiger partial charge >= 0.3 is 6.03 Å². The molecule has 0 unspecified atom stereocenters. The van der Waals surface area contributed by atoms with Crippen molar-refractivity contribution in [3.8, 4) is 11.6 Å². The summed E-state index contributed by atoms with van der Waals surface area (Å²) in [7, 11) is 3.18. The average Bonchev–Trinajstić information content (AvgIpc) is 2.60. The van der Waals surface area contributed by atoms with Gasteiger partial charge in [-0.2, -0.15) is 0 Å². The second kappa shape index (κ2) is 8.19. The van der Waals surface area contributed by atoms with Crippen molar-refractivity contribution in [2.75, 3.05) is 14.2 Å². The Morgan fingerprint density at radius 1 is 1.21 bits per heavy atom. The summed E-state index contributed by atoms with van der Waals surface area (Å²) in [6, 6.07) is 9.09. The maximum Gasteiger partial charge on any atom is 0.315 e. The van der Waals surface area contributed by atoms with E-state index in [1.807, 2.05) is 38.1 Å². The van der Waals surface area contributed by atoms with Crippen molar-refractivity contribution in [2.45, 2.75) is 26.4 Å². The quantitative estimate of drug-likeness (QED) is 0.854. The normalized spacial score (nSPS) is 11.5. The third-order valence-corrected chi connectivity index (χ3v) is 3.66. The molecule has 0 fully saturated rings. The van der Waals surface area contributed by atoms with Gasteiger partial charge in [0.2, 0.25) is 5.88 Å². The lowest BCUT2D eigenvalue weighted by atomic mass is 10.0. The van der Waals surface area contributed by atoms with Crippen LogP contribution in [-0.2, 0) is 6.54 Å². The Morgan fingerprint density at radius 3 is 2.71 bits per heavy atom. The number of aromatic nitrogens is 1. The van der Waals surface area contributed by atoms with Gasteiger partial charge in [-0.1, -0.05) is 17.7 Å². The first-order valence-electron chi connectivity index (χ1n) is 7.71. The van der Waals surface area contributed by atoms with Crippen LogP contribution in [0.2, 0.25) is 0 Å². The second-order valence-electron chi connectivity index (χ2n) is 5.50. The highest BCUT2D eigenvalue weighted by atomic mass is 16.5. The minimum absolute atomic E-state index is 0.174. The number of aryl methyl sites for hydroxylation is 1. The van der Waals surface area contributed by atoms with Crippen molar-refractivity contribution in [2.24, 2.45) is 0 Å². The van der Waals surface area contributed by atoms with Gasteiger partial charge in [0.05, 0.1) is 20.3 Å². The first-order valence-corrected chi connectivity index (χ1v) is 7.71. The van der Waals surface area contributed by atoms with Crippen LogP contribution in [0.3, 0.4) is 0 Å². The summed E-state index contributed by atoms with van der Waals surface area (Å²) in [6.45, 7) is 4.32. The second-order valence-corrected chi connectivity index (χ2v) is 5.50. The zero-order valence-corrected chi connectivity index (χ0v) is 14.4. The number of hydrogen-bond donors (Lipinski definition) is 2. The maximum atomic E-state index is 12.1. The standard InChI is InChI=1S/C18H23N3O3/c1-12-5-6-16(23-3)15(9-12)13(2)21-18(22)20-11-14-7-8-19-17(10-14)24-4/h5-10,13H,11H2,1-4H3,(H2,20,21,22)/t13-/m1/s1. The monoisotopic (exact) mass is 329 g/mol. The predicted octanol–water partition coefficient (Wildman–Crippen LogP) is 2.97. The van der Waals surface area contributed by atoms with Crippen LogP contribution in [0.25, 0.3) is 0 Å². The zero-order valence-electron chi connectivity index (χ0n) is 14.4. The van der Waals surface area contributed by atoms with Gasteiger partial charge in [0.25, 0.3) is 0 Å². The summed E-state index contributed by atoms with van der Waals surface area (Å²) in [5, 5.41) is 5.75. The molecule has 2 rings (SSSR count). The number of pyridine rings is 1. The summed E-state index contributed by atoms with van der Waals surface area (Å²) in [5.41, 5.74) is 2.97. The summed E-state index contributed by atoms with van der Waals surface area (Å²) >= 11 is 0. The molecule has 6 heteroatoms. The molecular formula is C18H23N3O3. The van der Waals surface area contributed by atoms with E-state index in [9.17, 15) is 4.79 Å². The Bertz CT molecular complexity index is 704. The van der Waals surface area contributed by atoms with E-state index in [0.717, 1.165) is 22.4 Å². The largest absolute Gasteiger partial charge is 0.496 e. The number of carbonyl (C=O) groups excluding carboxylic acids is 1. The molecule has 1 aromatic carbocycles. The van der Waals surface area contributed by atoms with E-state index in [2.05, 4.69) is 15.6 Å². The van der Waals surface area contributed by atoms with Gasteiger partial charge in [-0.25, -0.2) is 9.78 Å². The molecule has 0 aliphatic carbocycles. The molecule has 0 spiro atoms. The molecule has 0 radical (unpaired) electrons. The van der Waals surface area contributed by atoms with E-state index in [1.165, 1.54) is 0 Å². The summed E-state index contributed by atoms with van der Waals surface area (Å²) < 4.78 is 10.4. The number of urea groups is 1. The highest BCUT2D eigenvalue weighted by Gasteiger charge is 2.14. The molecule has 1 heterocycles. The number of methoxy groups -OCH3 is 2. The molecule has 0 saturated carbocycles. The van der Waals surface area contributed by atoms with Crippen LogP contribution in [0.4, 0.5) is 4.79 Å². The Kier molecular flexibility index (Phi) is 6.01. The van der Waals surface area contributed by atoms with Gasteiger partial charge < -0.3 is 20.1 Å². The summed E-state index contributed by atoms with van der Waals surface area (Å²) in [6.07, 6.45) is 1.65. The van der Waals surface area contributed by atoms with Crippen LogP contribution in [0.1, 0.15) is 29.7 Å². The maximum absolute atomic E-state index is 12.1. The van der Waals surface area contributed by atoms with Crippen molar-refractivity contribution >= 4 is 6.03 Å². The number of carbonyl (C=O) groups is 1. The van der Waals surface area contributed by atoms with Crippen molar-refractivity contribution in [3.63, 3.8) is 0 Å². The first kappa shape index (κ1) is 17.6. The molecule has 0 saturated heterocycles. The number of amides is 2. The molecule has 0 bridgehead atoms. The molecule has 6 nitrogen and oxygen atoms in total. The van der Waals surface area contributed by atoms with Crippen LogP contribution in [0, 0.1) is 6.92 Å². The van der Waals surface area contributed by atoms with Crippen molar-refractivity contribution in [3.05, 3.63) is 53.2 Å². The van der Waals surface area contributed by atoms with E-state index < -0.39 is 0 Å². The van der Waals surface area contributed by atoms with Crippen LogP contribution in [0.5, 0.6) is 11.6 Å². The van der Waals surface area contributed by atoms with Gasteiger partial charge in [-0.05, 0) is 31.5 Å². The summed E-state index contributed by atoms with van der Waals surface area (Å²) in [5.74, 6) is 1.28. The van der Waals surface area contributed by atoms with Crippen molar-refractivity contribution in [1.29, 1.82) is 0 Å². The van der Waals surface area contributed by atoms with Gasteiger partial charge in [-0.15, -0.1) is 0 Å². The highest BCUT2D eigenvalue weighted by Crippen LogP contribution is 2.25. The average molecular weight is 329 g/mol. The van der Waals surface area contributed by atoms with Crippen LogP contribution in [-0.4, -0.2) is 25.2 Å². The van der Waals surface area contributed by atoms with Crippen LogP contribution < -0.4 is 20.1 Å². The zero-order chi connectivity index (χ0) is 17.5. The van der Waals surface area contributed by atoms with Gasteiger partial charge in [-0.3, -0.25) is 0 Å². The molecule has 2 aromatic rings. The molecule has 24 heavy (non-hydrogen) atoms. The van der Waals surface area contributed by atoms with E-state index in [1.54, 1.807) is 26.5 Å². The van der Waals surface area contributed by atoms with Gasteiger partial charge in [0.1, 0.15) is 5.75 Å². The number of rotatable bonds is 6. The van der Waals surface area contributed by atoms with E-state index in [4.69, 9.17) is 9.47 Å². The molecule has 1 atom stereocenters. The van der Waals surface area contributed by atoms with Gasteiger partial charge in [0, 0.05) is 24.4 Å². The lowest BCUT2D eigenvalue weighted by molar-refractivity contribution is 0.237. The fourth-order valence-electron chi connectivity index (χ4n) is 2.37. The van der Waals surface area contributed by atoms with E-state index in [-0.39, 0.29) is 12.1 Å². The first-order chi connectivity index (χ1) is 11.5. The highest BCUT2D eigenvalue weighted by molar-refractivity contribution is 5.74. The van der Waals surface area contributed by atoms with Gasteiger partial charge in [0.15, 0.2) is 0 Å². The number of benzene rings is 1. The minimum Gasteiger partial charge on any atom is -0.496 e.